The molecule has 1 aliphatic rings. The zero-order valence-corrected chi connectivity index (χ0v) is 12.4. The van der Waals surface area contributed by atoms with E-state index in [1.807, 2.05) is 12.1 Å². The number of rotatable bonds is 6. The van der Waals surface area contributed by atoms with Crippen molar-refractivity contribution in [2.75, 3.05) is 18.4 Å². The Morgan fingerprint density at radius 2 is 1.89 bits per heavy atom. The highest BCUT2D eigenvalue weighted by molar-refractivity contribution is 5.92. The highest BCUT2D eigenvalue weighted by atomic mass is 35.5. The van der Waals surface area contributed by atoms with E-state index in [1.54, 1.807) is 0 Å². The molecule has 1 aromatic rings. The van der Waals surface area contributed by atoms with Gasteiger partial charge in [-0.05, 0) is 48.9 Å². The first-order chi connectivity index (χ1) is 8.65. The first-order valence-corrected chi connectivity index (χ1v) is 6.75. The molecule has 0 aromatic heterocycles. The van der Waals surface area contributed by atoms with E-state index < -0.39 is 0 Å². The molecule has 0 saturated heterocycles. The van der Waals surface area contributed by atoms with Gasteiger partial charge in [-0.25, -0.2) is 0 Å². The largest absolute Gasteiger partial charge is 0.325 e. The quantitative estimate of drug-likeness (QED) is 0.841. The third-order valence-corrected chi connectivity index (χ3v) is 3.28. The summed E-state index contributed by atoms with van der Waals surface area (Å²) in [5, 5.41) is 6.09. The fraction of sp³-hybridized carbons (Fsp3) is 0.533. The van der Waals surface area contributed by atoms with Gasteiger partial charge < -0.3 is 10.6 Å². The average Bonchev–Trinajstić information content (AvgIpc) is 3.13. The van der Waals surface area contributed by atoms with E-state index in [4.69, 9.17) is 0 Å². The smallest absolute Gasteiger partial charge is 0.238 e. The van der Waals surface area contributed by atoms with Crippen LogP contribution >= 0.6 is 12.4 Å². The van der Waals surface area contributed by atoms with Crippen molar-refractivity contribution in [2.45, 2.75) is 32.6 Å². The van der Waals surface area contributed by atoms with Crippen molar-refractivity contribution in [1.82, 2.24) is 5.32 Å². The maximum atomic E-state index is 11.7. The number of carbonyl (C=O) groups excluding carboxylic acids is 1. The summed E-state index contributed by atoms with van der Waals surface area (Å²) in [5.41, 5.74) is 2.16. The van der Waals surface area contributed by atoms with Gasteiger partial charge in [0.25, 0.3) is 0 Å². The van der Waals surface area contributed by atoms with Crippen LogP contribution in [0, 0.1) is 5.92 Å². The molecule has 0 bridgehead atoms. The van der Waals surface area contributed by atoms with Crippen LogP contribution in [-0.2, 0) is 4.79 Å². The van der Waals surface area contributed by atoms with Crippen molar-refractivity contribution in [2.24, 2.45) is 5.92 Å². The number of amides is 1. The summed E-state index contributed by atoms with van der Waals surface area (Å²) in [6.45, 7) is 5.70. The highest BCUT2D eigenvalue weighted by Crippen LogP contribution is 2.27. The van der Waals surface area contributed by atoms with Gasteiger partial charge in [0.15, 0.2) is 0 Å². The minimum atomic E-state index is 0. The Hall–Kier alpha value is -1.06. The van der Waals surface area contributed by atoms with Gasteiger partial charge >= 0.3 is 0 Å². The van der Waals surface area contributed by atoms with E-state index in [0.29, 0.717) is 12.5 Å². The average molecular weight is 283 g/mol. The Labute approximate surface area is 121 Å². The van der Waals surface area contributed by atoms with Crippen molar-refractivity contribution in [3.8, 4) is 0 Å². The molecule has 19 heavy (non-hydrogen) atoms. The number of halogens is 1. The summed E-state index contributed by atoms with van der Waals surface area (Å²) in [6, 6.07) is 8.07. The lowest BCUT2D eigenvalue weighted by molar-refractivity contribution is -0.115. The summed E-state index contributed by atoms with van der Waals surface area (Å²) in [7, 11) is 0. The molecule has 2 N–H and O–H groups in total. The van der Waals surface area contributed by atoms with Crippen molar-refractivity contribution in [3.05, 3.63) is 29.8 Å². The lowest BCUT2D eigenvalue weighted by atomic mass is 10.0. The SMILES string of the molecule is CC(C)c1ccc(NC(=O)CNCC2CC2)cc1.Cl. The lowest BCUT2D eigenvalue weighted by Crippen LogP contribution is -2.29. The number of anilines is 1. The number of carbonyl (C=O) groups is 1. The zero-order valence-electron chi connectivity index (χ0n) is 11.6. The maximum absolute atomic E-state index is 11.7. The van der Waals surface area contributed by atoms with Crippen LogP contribution in [0.3, 0.4) is 0 Å². The van der Waals surface area contributed by atoms with E-state index in [1.165, 1.54) is 18.4 Å². The van der Waals surface area contributed by atoms with Gasteiger partial charge in [0, 0.05) is 5.69 Å². The summed E-state index contributed by atoms with van der Waals surface area (Å²) < 4.78 is 0. The molecule has 1 saturated carbocycles. The molecule has 0 heterocycles. The van der Waals surface area contributed by atoms with Gasteiger partial charge in [0.1, 0.15) is 0 Å². The first-order valence-electron chi connectivity index (χ1n) is 6.75. The first kappa shape index (κ1) is 16.0. The van der Waals surface area contributed by atoms with Gasteiger partial charge in [0.05, 0.1) is 6.54 Å². The predicted octanol–water partition coefficient (Wildman–Crippen LogP) is 3.17. The second-order valence-electron chi connectivity index (χ2n) is 5.40. The molecule has 1 amide bonds. The van der Waals surface area contributed by atoms with Gasteiger partial charge in [-0.3, -0.25) is 4.79 Å². The standard InChI is InChI=1S/C15H22N2O.ClH/c1-11(2)13-5-7-14(8-6-13)17-15(18)10-16-9-12-3-4-12;/h5-8,11-12,16H,3-4,9-10H2,1-2H3,(H,17,18);1H. The normalized spacial score (nSPS) is 14.1. The van der Waals surface area contributed by atoms with Crippen LogP contribution in [0.2, 0.25) is 0 Å². The van der Waals surface area contributed by atoms with E-state index in [9.17, 15) is 4.79 Å². The third kappa shape index (κ3) is 5.62. The van der Waals surface area contributed by atoms with E-state index in [2.05, 4.69) is 36.6 Å². The number of hydrogen-bond donors (Lipinski definition) is 2. The Balaban J connectivity index is 0.00000180. The number of benzene rings is 1. The fourth-order valence-corrected chi connectivity index (χ4v) is 1.87. The van der Waals surface area contributed by atoms with Crippen LogP contribution in [0.1, 0.15) is 38.2 Å². The molecule has 0 atom stereocenters. The molecule has 0 aliphatic heterocycles. The Kier molecular flexibility index (Phi) is 6.32. The fourth-order valence-electron chi connectivity index (χ4n) is 1.87. The van der Waals surface area contributed by atoms with Crippen molar-refractivity contribution < 1.29 is 4.79 Å². The second-order valence-corrected chi connectivity index (χ2v) is 5.40. The molecule has 1 fully saturated rings. The van der Waals surface area contributed by atoms with Crippen molar-refractivity contribution >= 4 is 24.0 Å². The molecule has 0 radical (unpaired) electrons. The van der Waals surface area contributed by atoms with E-state index >= 15 is 0 Å². The van der Waals surface area contributed by atoms with Crippen LogP contribution in [-0.4, -0.2) is 19.0 Å². The van der Waals surface area contributed by atoms with Crippen LogP contribution in [0.25, 0.3) is 0 Å². The van der Waals surface area contributed by atoms with Crippen LogP contribution in [0.15, 0.2) is 24.3 Å². The van der Waals surface area contributed by atoms with Crippen molar-refractivity contribution in [3.63, 3.8) is 0 Å². The molecule has 4 heteroatoms. The van der Waals surface area contributed by atoms with Gasteiger partial charge in [-0.15, -0.1) is 12.4 Å². The Morgan fingerprint density at radius 3 is 2.42 bits per heavy atom. The summed E-state index contributed by atoms with van der Waals surface area (Å²) in [6.07, 6.45) is 2.62. The van der Waals surface area contributed by atoms with Gasteiger partial charge in [-0.1, -0.05) is 26.0 Å². The second kappa shape index (κ2) is 7.51. The van der Waals surface area contributed by atoms with Crippen LogP contribution in [0.4, 0.5) is 5.69 Å². The number of hydrogen-bond acceptors (Lipinski definition) is 2. The van der Waals surface area contributed by atoms with E-state index in [-0.39, 0.29) is 18.3 Å². The minimum absolute atomic E-state index is 0. The molecule has 3 nitrogen and oxygen atoms in total. The Morgan fingerprint density at radius 1 is 1.26 bits per heavy atom. The summed E-state index contributed by atoms with van der Waals surface area (Å²) >= 11 is 0. The number of nitrogens with one attached hydrogen (secondary N) is 2. The minimum Gasteiger partial charge on any atom is -0.325 e. The Bertz CT molecular complexity index is 399. The molecule has 0 spiro atoms. The molecular weight excluding hydrogens is 260 g/mol. The summed E-state index contributed by atoms with van der Waals surface area (Å²) in [5.74, 6) is 1.37. The molecule has 1 aliphatic carbocycles. The van der Waals surface area contributed by atoms with Crippen LogP contribution in [0.5, 0.6) is 0 Å². The molecule has 1 aromatic carbocycles. The summed E-state index contributed by atoms with van der Waals surface area (Å²) in [4.78, 5) is 11.7. The third-order valence-electron chi connectivity index (χ3n) is 3.28. The zero-order chi connectivity index (χ0) is 13.0. The molecule has 106 valence electrons. The molecular formula is C15H23ClN2O. The van der Waals surface area contributed by atoms with Gasteiger partial charge in [-0.2, -0.15) is 0 Å². The van der Waals surface area contributed by atoms with Crippen LogP contribution < -0.4 is 10.6 Å². The van der Waals surface area contributed by atoms with E-state index in [0.717, 1.165) is 18.2 Å². The molecule has 2 rings (SSSR count). The predicted molar refractivity (Wildman–Crippen MR) is 82.0 cm³/mol. The topological polar surface area (TPSA) is 41.1 Å². The molecule has 0 unspecified atom stereocenters. The van der Waals surface area contributed by atoms with Gasteiger partial charge in [0.2, 0.25) is 5.91 Å². The van der Waals surface area contributed by atoms with Crippen molar-refractivity contribution in [1.29, 1.82) is 0 Å². The highest BCUT2D eigenvalue weighted by Gasteiger charge is 2.20. The maximum Gasteiger partial charge on any atom is 0.238 e. The lowest BCUT2D eigenvalue weighted by Gasteiger charge is -2.09. The monoisotopic (exact) mass is 282 g/mol.